The first kappa shape index (κ1) is 14.1. The summed E-state index contributed by atoms with van der Waals surface area (Å²) in [5, 5.41) is 12.3. The molecule has 1 aromatic rings. The molecule has 0 atom stereocenters. The molecule has 0 aromatic carbocycles. The Morgan fingerprint density at radius 2 is 2.26 bits per heavy atom. The van der Waals surface area contributed by atoms with Gasteiger partial charge in [-0.15, -0.1) is 0 Å². The fourth-order valence-electron chi connectivity index (χ4n) is 2.07. The first-order valence-electron chi connectivity index (χ1n) is 6.21. The predicted molar refractivity (Wildman–Crippen MR) is 72.9 cm³/mol. The standard InChI is InChI=1S/C13H17ClN2O3/c1-13(3-6-19-7-4-13)8-16-11-10(14)9(12(17)18)2-5-15-11/h2,5H,3-4,6-8H2,1H3,(H,15,16)(H,17,18). The molecule has 2 N–H and O–H groups in total. The minimum atomic E-state index is -1.05. The SMILES string of the molecule is CC1(CNc2nccc(C(=O)O)c2Cl)CCOCC1. The third-order valence-corrected chi connectivity index (χ3v) is 3.88. The van der Waals surface area contributed by atoms with Crippen LogP contribution in [0.2, 0.25) is 5.02 Å². The summed E-state index contributed by atoms with van der Waals surface area (Å²) in [5.74, 6) is -0.623. The van der Waals surface area contributed by atoms with Crippen LogP contribution in [0.3, 0.4) is 0 Å². The monoisotopic (exact) mass is 284 g/mol. The highest BCUT2D eigenvalue weighted by Gasteiger charge is 2.27. The molecule has 1 aromatic heterocycles. The van der Waals surface area contributed by atoms with Crippen molar-refractivity contribution in [2.75, 3.05) is 25.1 Å². The van der Waals surface area contributed by atoms with Gasteiger partial charge in [0.25, 0.3) is 0 Å². The molecule has 0 amide bonds. The summed E-state index contributed by atoms with van der Waals surface area (Å²) in [7, 11) is 0. The smallest absolute Gasteiger partial charge is 0.337 e. The maximum Gasteiger partial charge on any atom is 0.337 e. The molecule has 0 saturated carbocycles. The van der Waals surface area contributed by atoms with E-state index < -0.39 is 5.97 Å². The Kier molecular flexibility index (Phi) is 4.27. The van der Waals surface area contributed by atoms with E-state index in [2.05, 4.69) is 17.2 Å². The lowest BCUT2D eigenvalue weighted by Crippen LogP contribution is -2.33. The molecule has 1 aliphatic heterocycles. The third-order valence-electron chi connectivity index (χ3n) is 3.50. The fraction of sp³-hybridized carbons (Fsp3) is 0.538. The molecule has 1 saturated heterocycles. The molecule has 1 aliphatic rings. The largest absolute Gasteiger partial charge is 0.478 e. The third kappa shape index (κ3) is 3.36. The van der Waals surface area contributed by atoms with Gasteiger partial charge in [-0.3, -0.25) is 0 Å². The van der Waals surface area contributed by atoms with E-state index in [0.29, 0.717) is 12.4 Å². The van der Waals surface area contributed by atoms with E-state index in [4.69, 9.17) is 21.4 Å². The van der Waals surface area contributed by atoms with Crippen LogP contribution < -0.4 is 5.32 Å². The number of anilines is 1. The molecule has 0 bridgehead atoms. The van der Waals surface area contributed by atoms with Crippen molar-refractivity contribution in [1.29, 1.82) is 0 Å². The molecular formula is C13H17ClN2O3. The van der Waals surface area contributed by atoms with Crippen molar-refractivity contribution in [3.8, 4) is 0 Å². The summed E-state index contributed by atoms with van der Waals surface area (Å²) in [6, 6.07) is 1.39. The summed E-state index contributed by atoms with van der Waals surface area (Å²) < 4.78 is 5.34. The average molecular weight is 285 g/mol. The first-order chi connectivity index (χ1) is 9.02. The van der Waals surface area contributed by atoms with Crippen LogP contribution >= 0.6 is 11.6 Å². The van der Waals surface area contributed by atoms with E-state index in [-0.39, 0.29) is 16.0 Å². The average Bonchev–Trinajstić information content (AvgIpc) is 2.38. The second-order valence-electron chi connectivity index (χ2n) is 5.10. The molecule has 2 rings (SSSR count). The molecule has 0 unspecified atom stereocenters. The van der Waals surface area contributed by atoms with Crippen LogP contribution in [0.25, 0.3) is 0 Å². The Bertz CT molecular complexity index is 473. The normalized spacial score (nSPS) is 18.0. The Labute approximate surface area is 116 Å². The number of ether oxygens (including phenoxy) is 1. The van der Waals surface area contributed by atoms with E-state index in [1.165, 1.54) is 12.3 Å². The molecule has 6 heteroatoms. The van der Waals surface area contributed by atoms with Crippen LogP contribution in [-0.2, 0) is 4.74 Å². The van der Waals surface area contributed by atoms with Crippen LogP contribution in [0.1, 0.15) is 30.1 Å². The molecule has 0 spiro atoms. The van der Waals surface area contributed by atoms with Gasteiger partial charge in [-0.25, -0.2) is 9.78 Å². The zero-order valence-electron chi connectivity index (χ0n) is 10.8. The van der Waals surface area contributed by atoms with E-state index in [1.807, 2.05) is 0 Å². The molecule has 19 heavy (non-hydrogen) atoms. The van der Waals surface area contributed by atoms with Crippen LogP contribution in [0.15, 0.2) is 12.3 Å². The second kappa shape index (κ2) is 5.75. The van der Waals surface area contributed by atoms with Crippen LogP contribution in [0.5, 0.6) is 0 Å². The number of rotatable bonds is 4. The quantitative estimate of drug-likeness (QED) is 0.889. The molecular weight excluding hydrogens is 268 g/mol. The predicted octanol–water partition coefficient (Wildman–Crippen LogP) is 2.66. The van der Waals surface area contributed by atoms with E-state index in [9.17, 15) is 4.79 Å². The van der Waals surface area contributed by atoms with Gasteiger partial charge in [-0.2, -0.15) is 0 Å². The highest BCUT2D eigenvalue weighted by molar-refractivity contribution is 6.35. The number of hydrogen-bond acceptors (Lipinski definition) is 4. The maximum atomic E-state index is 11.0. The van der Waals surface area contributed by atoms with Gasteiger partial charge >= 0.3 is 5.97 Å². The van der Waals surface area contributed by atoms with Crippen molar-refractivity contribution in [2.45, 2.75) is 19.8 Å². The van der Waals surface area contributed by atoms with Gasteiger partial charge in [0, 0.05) is 26.0 Å². The summed E-state index contributed by atoms with van der Waals surface area (Å²) in [5.41, 5.74) is 0.193. The van der Waals surface area contributed by atoms with Gasteiger partial charge in [0.05, 0.1) is 10.6 Å². The first-order valence-corrected chi connectivity index (χ1v) is 6.59. The van der Waals surface area contributed by atoms with Crippen molar-refractivity contribution >= 4 is 23.4 Å². The number of carboxylic acids is 1. The minimum Gasteiger partial charge on any atom is -0.478 e. The van der Waals surface area contributed by atoms with Crippen LogP contribution in [0, 0.1) is 5.41 Å². The van der Waals surface area contributed by atoms with Gasteiger partial charge in [0.15, 0.2) is 0 Å². The van der Waals surface area contributed by atoms with E-state index in [1.54, 1.807) is 0 Å². The highest BCUT2D eigenvalue weighted by atomic mass is 35.5. The van der Waals surface area contributed by atoms with Gasteiger partial charge in [-0.05, 0) is 24.3 Å². The molecule has 5 nitrogen and oxygen atoms in total. The number of aromatic nitrogens is 1. The Balaban J connectivity index is 2.07. The number of halogens is 1. The van der Waals surface area contributed by atoms with Crippen LogP contribution in [-0.4, -0.2) is 35.8 Å². The maximum absolute atomic E-state index is 11.0. The second-order valence-corrected chi connectivity index (χ2v) is 5.48. The fourth-order valence-corrected chi connectivity index (χ4v) is 2.33. The Morgan fingerprint density at radius 1 is 1.58 bits per heavy atom. The lowest BCUT2D eigenvalue weighted by Gasteiger charge is -2.33. The number of aromatic carboxylic acids is 1. The zero-order valence-corrected chi connectivity index (χ0v) is 11.5. The Hall–Kier alpha value is -1.33. The minimum absolute atomic E-state index is 0.0660. The lowest BCUT2D eigenvalue weighted by molar-refractivity contribution is 0.0300. The zero-order chi connectivity index (χ0) is 13.9. The van der Waals surface area contributed by atoms with Gasteiger partial charge < -0.3 is 15.2 Å². The number of nitrogens with zero attached hydrogens (tertiary/aromatic N) is 1. The Morgan fingerprint density at radius 3 is 2.89 bits per heavy atom. The number of hydrogen-bond donors (Lipinski definition) is 2. The molecule has 1 fully saturated rings. The van der Waals surface area contributed by atoms with Gasteiger partial charge in [0.1, 0.15) is 5.82 Å². The topological polar surface area (TPSA) is 71.5 Å². The number of pyridine rings is 1. The number of carboxylic acid groups (broad SMARTS) is 1. The van der Waals surface area contributed by atoms with Crippen molar-refractivity contribution < 1.29 is 14.6 Å². The number of carbonyl (C=O) groups is 1. The van der Waals surface area contributed by atoms with Gasteiger partial charge in [0.2, 0.25) is 0 Å². The van der Waals surface area contributed by atoms with Crippen molar-refractivity contribution in [3.63, 3.8) is 0 Å². The van der Waals surface area contributed by atoms with E-state index in [0.717, 1.165) is 26.1 Å². The van der Waals surface area contributed by atoms with Gasteiger partial charge in [-0.1, -0.05) is 18.5 Å². The highest BCUT2D eigenvalue weighted by Crippen LogP contribution is 2.31. The molecule has 104 valence electrons. The van der Waals surface area contributed by atoms with Crippen LogP contribution in [0.4, 0.5) is 5.82 Å². The van der Waals surface area contributed by atoms with Crippen molar-refractivity contribution in [2.24, 2.45) is 5.41 Å². The molecule has 0 radical (unpaired) electrons. The van der Waals surface area contributed by atoms with E-state index >= 15 is 0 Å². The molecule has 0 aliphatic carbocycles. The summed E-state index contributed by atoms with van der Waals surface area (Å²) in [6.45, 7) is 4.40. The number of nitrogens with one attached hydrogen (secondary N) is 1. The molecule has 2 heterocycles. The lowest BCUT2D eigenvalue weighted by atomic mass is 9.82. The summed E-state index contributed by atoms with van der Waals surface area (Å²) >= 11 is 6.04. The van der Waals surface area contributed by atoms with Crippen molar-refractivity contribution in [3.05, 3.63) is 22.8 Å². The summed E-state index contributed by atoms with van der Waals surface area (Å²) in [6.07, 6.45) is 3.39. The van der Waals surface area contributed by atoms with Crippen molar-refractivity contribution in [1.82, 2.24) is 4.98 Å². The summed E-state index contributed by atoms with van der Waals surface area (Å²) in [4.78, 5) is 15.1.